The number of ketones is 1. The molecule has 0 aromatic rings. The average molecular weight is 150 g/mol. The summed E-state index contributed by atoms with van der Waals surface area (Å²) in [4.78, 5) is 10.1. The highest BCUT2D eigenvalue weighted by Crippen LogP contribution is 1.59. The molecule has 58 valence electrons. The summed E-state index contributed by atoms with van der Waals surface area (Å²) in [5.41, 5.74) is 0. The van der Waals surface area contributed by atoms with E-state index in [2.05, 4.69) is 29.6 Å². The van der Waals surface area contributed by atoms with Crippen LogP contribution < -0.4 is 0 Å². The Morgan fingerprint density at radius 2 is 1.82 bits per heavy atom. The molecule has 0 unspecified atom stereocenters. The Hall–Kier alpha value is -1.69. The van der Waals surface area contributed by atoms with Gasteiger partial charge in [0.1, 0.15) is 0 Å². The second-order valence-corrected chi connectivity index (χ2v) is 1.20. The summed E-state index contributed by atoms with van der Waals surface area (Å²) in [6, 6.07) is 0. The summed E-state index contributed by atoms with van der Waals surface area (Å²) in [6.07, 6.45) is 4.77. The van der Waals surface area contributed by atoms with E-state index in [0.717, 1.165) is 0 Å². The predicted molar refractivity (Wildman–Crippen MR) is 45.4 cm³/mol. The van der Waals surface area contributed by atoms with E-state index in [1.54, 1.807) is 0 Å². The molecule has 0 amide bonds. The van der Waals surface area contributed by atoms with Gasteiger partial charge in [-0.2, -0.15) is 0 Å². The number of carbonyl (C=O) groups is 1. The summed E-state index contributed by atoms with van der Waals surface area (Å²) in [6.45, 7) is 1.37. The van der Waals surface area contributed by atoms with Gasteiger partial charge in [0, 0.05) is 6.92 Å². The van der Waals surface area contributed by atoms with Gasteiger partial charge in [0.25, 0.3) is 0 Å². The van der Waals surface area contributed by atoms with Gasteiger partial charge >= 0.3 is 0 Å². The lowest BCUT2D eigenvalue weighted by molar-refractivity contribution is -0.111. The van der Waals surface area contributed by atoms with E-state index < -0.39 is 0 Å². The molecule has 0 aromatic carbocycles. The Morgan fingerprint density at radius 1 is 1.27 bits per heavy atom. The highest BCUT2D eigenvalue weighted by molar-refractivity contribution is 5.93. The molecule has 0 saturated heterocycles. The molecule has 0 atom stereocenters. The van der Waals surface area contributed by atoms with Crippen LogP contribution in [-0.4, -0.2) is 11.3 Å². The first-order valence-corrected chi connectivity index (χ1v) is 2.24. The van der Waals surface area contributed by atoms with Gasteiger partial charge in [-0.3, -0.25) is 4.79 Å². The number of hydrogen-bond donors (Lipinski definition) is 0. The quantitative estimate of drug-likeness (QED) is 0.355. The zero-order valence-corrected chi connectivity index (χ0v) is 5.49. The van der Waals surface area contributed by atoms with Crippen molar-refractivity contribution in [2.24, 2.45) is 0 Å². The Morgan fingerprint density at radius 3 is 2.18 bits per heavy atom. The van der Waals surface area contributed by atoms with Crippen LogP contribution in [0, 0.1) is 36.0 Å². The SMILES string of the molecule is C.C#CC#CC#CC(C)=O.O. The Bertz CT molecular complexity index is 260. The zero-order chi connectivity index (χ0) is 7.11. The molecule has 0 spiro atoms. The Labute approximate surface area is 67.3 Å². The smallest absolute Gasteiger partial charge is 0.203 e. The molecule has 0 aliphatic rings. The third kappa shape index (κ3) is 17.8. The molecular formula is C9H10O2. The van der Waals surface area contributed by atoms with Crippen LogP contribution in [0.4, 0.5) is 0 Å². The monoisotopic (exact) mass is 150 g/mol. The molecule has 0 aromatic heterocycles. The topological polar surface area (TPSA) is 48.6 Å². The van der Waals surface area contributed by atoms with Gasteiger partial charge in [-0.15, -0.1) is 6.42 Å². The van der Waals surface area contributed by atoms with Gasteiger partial charge in [0.05, 0.1) is 0 Å². The number of terminal acetylenes is 1. The third-order valence-electron chi connectivity index (χ3n) is 0.436. The lowest BCUT2D eigenvalue weighted by Crippen LogP contribution is -1.78. The molecule has 2 heteroatoms. The fourth-order valence-electron chi connectivity index (χ4n) is 0.187. The van der Waals surface area contributed by atoms with Crippen molar-refractivity contribution in [1.29, 1.82) is 0 Å². The van der Waals surface area contributed by atoms with Crippen molar-refractivity contribution >= 4 is 5.78 Å². The van der Waals surface area contributed by atoms with Crippen molar-refractivity contribution < 1.29 is 10.3 Å². The van der Waals surface area contributed by atoms with Crippen molar-refractivity contribution in [2.75, 3.05) is 0 Å². The average Bonchev–Trinajstić information content (AvgIpc) is 1.80. The maximum Gasteiger partial charge on any atom is 0.203 e. The van der Waals surface area contributed by atoms with Crippen LogP contribution in [0.15, 0.2) is 0 Å². The van der Waals surface area contributed by atoms with E-state index in [9.17, 15) is 4.79 Å². The maximum atomic E-state index is 10.1. The van der Waals surface area contributed by atoms with E-state index in [-0.39, 0.29) is 18.7 Å². The van der Waals surface area contributed by atoms with Crippen LogP contribution in [-0.2, 0) is 4.79 Å². The second-order valence-electron chi connectivity index (χ2n) is 1.20. The van der Waals surface area contributed by atoms with Gasteiger partial charge < -0.3 is 5.48 Å². The van der Waals surface area contributed by atoms with Crippen LogP contribution in [0.5, 0.6) is 0 Å². The first-order chi connectivity index (χ1) is 4.27. The largest absolute Gasteiger partial charge is 0.412 e. The molecule has 0 saturated carbocycles. The molecule has 0 rings (SSSR count). The van der Waals surface area contributed by atoms with Crippen molar-refractivity contribution in [3.8, 4) is 36.0 Å². The summed E-state index contributed by atoms with van der Waals surface area (Å²) in [5, 5.41) is 0. The fraction of sp³-hybridized carbons (Fsp3) is 0.222. The summed E-state index contributed by atoms with van der Waals surface area (Å²) >= 11 is 0. The molecule has 11 heavy (non-hydrogen) atoms. The lowest BCUT2D eigenvalue weighted by atomic mass is 10.4. The molecule has 2 nitrogen and oxygen atoms in total. The number of Topliss-reactive ketones (excluding diaryl/α,β-unsaturated/α-hetero) is 1. The normalized spacial score (nSPS) is 4.00. The number of hydrogen-bond acceptors (Lipinski definition) is 1. The van der Waals surface area contributed by atoms with Crippen LogP contribution in [0.1, 0.15) is 14.4 Å². The van der Waals surface area contributed by atoms with Gasteiger partial charge in [0.15, 0.2) is 0 Å². The van der Waals surface area contributed by atoms with Crippen molar-refractivity contribution in [3.63, 3.8) is 0 Å². The van der Waals surface area contributed by atoms with Gasteiger partial charge in [-0.25, -0.2) is 0 Å². The summed E-state index contributed by atoms with van der Waals surface area (Å²) < 4.78 is 0. The highest BCUT2D eigenvalue weighted by Gasteiger charge is 1.73. The highest BCUT2D eigenvalue weighted by atomic mass is 16.1. The minimum atomic E-state index is -0.207. The Kier molecular flexibility index (Phi) is 16.4. The molecule has 0 radical (unpaired) electrons. The minimum absolute atomic E-state index is 0. The third-order valence-corrected chi connectivity index (χ3v) is 0.436. The molecule has 0 bridgehead atoms. The first-order valence-electron chi connectivity index (χ1n) is 2.24. The predicted octanol–water partition coefficient (Wildman–Crippen LogP) is 0.0268. The van der Waals surface area contributed by atoms with Gasteiger partial charge in [-0.1, -0.05) is 7.43 Å². The standard InChI is InChI=1S/C8H4O.CH4.H2O/c1-3-4-5-6-7-8(2)9;;/h1H,2H3;1H4;1H2. The fourth-order valence-corrected chi connectivity index (χ4v) is 0.187. The van der Waals surface area contributed by atoms with Crippen LogP contribution in [0.3, 0.4) is 0 Å². The van der Waals surface area contributed by atoms with Crippen molar-refractivity contribution in [1.82, 2.24) is 0 Å². The number of carbonyl (C=O) groups excluding carboxylic acids is 1. The van der Waals surface area contributed by atoms with Crippen LogP contribution in [0.25, 0.3) is 0 Å². The van der Waals surface area contributed by atoms with E-state index in [1.165, 1.54) is 6.92 Å². The van der Waals surface area contributed by atoms with Crippen LogP contribution in [0.2, 0.25) is 0 Å². The first kappa shape index (κ1) is 16.1. The van der Waals surface area contributed by atoms with E-state index in [4.69, 9.17) is 6.42 Å². The molecule has 0 aliphatic carbocycles. The van der Waals surface area contributed by atoms with Crippen molar-refractivity contribution in [2.45, 2.75) is 14.4 Å². The molecule has 0 fully saturated rings. The van der Waals surface area contributed by atoms with Gasteiger partial charge in [0.2, 0.25) is 5.78 Å². The second kappa shape index (κ2) is 11.2. The summed E-state index contributed by atoms with van der Waals surface area (Å²) in [5.74, 6) is 10.9. The van der Waals surface area contributed by atoms with Gasteiger partial charge in [-0.05, 0) is 29.6 Å². The zero-order valence-electron chi connectivity index (χ0n) is 5.49. The molecular weight excluding hydrogens is 140 g/mol. The maximum absolute atomic E-state index is 10.1. The number of rotatable bonds is 0. The van der Waals surface area contributed by atoms with E-state index >= 15 is 0 Å². The molecule has 0 aliphatic heterocycles. The molecule has 2 N–H and O–H groups in total. The summed E-state index contributed by atoms with van der Waals surface area (Å²) in [7, 11) is 0. The van der Waals surface area contributed by atoms with E-state index in [1.807, 2.05) is 0 Å². The molecule has 0 heterocycles. The Balaban J connectivity index is -0.000000320. The van der Waals surface area contributed by atoms with E-state index in [0.29, 0.717) is 0 Å². The van der Waals surface area contributed by atoms with Crippen molar-refractivity contribution in [3.05, 3.63) is 0 Å². The minimum Gasteiger partial charge on any atom is -0.412 e. The van der Waals surface area contributed by atoms with Crippen LogP contribution >= 0.6 is 0 Å². The lowest BCUT2D eigenvalue weighted by Gasteiger charge is -1.62.